The number of carbonyl (C=O) groups excluding carboxylic acids is 1. The van der Waals surface area contributed by atoms with Crippen molar-refractivity contribution in [1.29, 1.82) is 0 Å². The SMILES string of the molecule is CNc1cc(C)ccc1C(=O)N1CCN(CC(C)C)CC1. The number of piperazine rings is 1. The number of carbonyl (C=O) groups is 1. The third-order valence-electron chi connectivity index (χ3n) is 3.96. The maximum atomic E-state index is 12.7. The molecule has 1 amide bonds. The number of hydrogen-bond acceptors (Lipinski definition) is 3. The lowest BCUT2D eigenvalue weighted by molar-refractivity contribution is 0.0625. The summed E-state index contributed by atoms with van der Waals surface area (Å²) in [4.78, 5) is 17.1. The molecule has 1 aliphatic heterocycles. The van der Waals surface area contributed by atoms with Crippen LogP contribution in [0.25, 0.3) is 0 Å². The van der Waals surface area contributed by atoms with Crippen LogP contribution in [0.4, 0.5) is 5.69 Å². The maximum absolute atomic E-state index is 12.7. The minimum atomic E-state index is 0.142. The molecule has 1 saturated heterocycles. The number of amides is 1. The highest BCUT2D eigenvalue weighted by atomic mass is 16.2. The summed E-state index contributed by atoms with van der Waals surface area (Å²) in [6.45, 7) is 11.2. The van der Waals surface area contributed by atoms with Crippen LogP contribution in [0, 0.1) is 12.8 Å². The fraction of sp³-hybridized carbons (Fsp3) is 0.588. The molecule has 21 heavy (non-hydrogen) atoms. The van der Waals surface area contributed by atoms with E-state index in [1.807, 2.05) is 37.1 Å². The van der Waals surface area contributed by atoms with Gasteiger partial charge >= 0.3 is 0 Å². The van der Waals surface area contributed by atoms with Crippen LogP contribution >= 0.6 is 0 Å². The molecule has 0 atom stereocenters. The zero-order valence-corrected chi connectivity index (χ0v) is 13.6. The van der Waals surface area contributed by atoms with Gasteiger partial charge in [0.2, 0.25) is 0 Å². The smallest absolute Gasteiger partial charge is 0.256 e. The van der Waals surface area contributed by atoms with Crippen LogP contribution in [0.2, 0.25) is 0 Å². The summed E-state index contributed by atoms with van der Waals surface area (Å²) in [6, 6.07) is 5.97. The van der Waals surface area contributed by atoms with E-state index in [0.717, 1.165) is 49.5 Å². The number of aryl methyl sites for hydroxylation is 1. The minimum Gasteiger partial charge on any atom is -0.387 e. The molecule has 0 radical (unpaired) electrons. The molecule has 1 aromatic rings. The molecule has 0 unspecified atom stereocenters. The molecule has 0 spiro atoms. The van der Waals surface area contributed by atoms with E-state index in [9.17, 15) is 4.79 Å². The fourth-order valence-electron chi connectivity index (χ4n) is 2.87. The Labute approximate surface area is 128 Å². The quantitative estimate of drug-likeness (QED) is 0.925. The van der Waals surface area contributed by atoms with Crippen molar-refractivity contribution >= 4 is 11.6 Å². The molecule has 116 valence electrons. The summed E-state index contributed by atoms with van der Waals surface area (Å²) < 4.78 is 0. The van der Waals surface area contributed by atoms with Gasteiger partial charge in [-0.3, -0.25) is 9.69 Å². The van der Waals surface area contributed by atoms with E-state index in [4.69, 9.17) is 0 Å². The molecular weight excluding hydrogens is 262 g/mol. The van der Waals surface area contributed by atoms with Gasteiger partial charge in [0, 0.05) is 45.5 Å². The van der Waals surface area contributed by atoms with Gasteiger partial charge in [0.15, 0.2) is 0 Å². The van der Waals surface area contributed by atoms with Gasteiger partial charge in [0.1, 0.15) is 0 Å². The Balaban J connectivity index is 2.02. The summed E-state index contributed by atoms with van der Waals surface area (Å²) in [5, 5.41) is 3.13. The topological polar surface area (TPSA) is 35.6 Å². The van der Waals surface area contributed by atoms with Gasteiger partial charge in [0.05, 0.1) is 5.56 Å². The Morgan fingerprint density at radius 2 is 1.90 bits per heavy atom. The van der Waals surface area contributed by atoms with Gasteiger partial charge in [0.25, 0.3) is 5.91 Å². The second-order valence-electron chi connectivity index (χ2n) is 6.29. The van der Waals surface area contributed by atoms with Crippen LogP contribution in [0.5, 0.6) is 0 Å². The first kappa shape index (κ1) is 15.8. The third kappa shape index (κ3) is 3.97. The van der Waals surface area contributed by atoms with Crippen molar-refractivity contribution < 1.29 is 4.79 Å². The number of hydrogen-bond donors (Lipinski definition) is 1. The third-order valence-corrected chi connectivity index (χ3v) is 3.96. The Morgan fingerprint density at radius 1 is 1.24 bits per heavy atom. The summed E-state index contributed by atoms with van der Waals surface area (Å²) in [7, 11) is 1.87. The van der Waals surface area contributed by atoms with Gasteiger partial charge < -0.3 is 10.2 Å². The molecule has 1 fully saturated rings. The van der Waals surface area contributed by atoms with Gasteiger partial charge in [-0.1, -0.05) is 19.9 Å². The van der Waals surface area contributed by atoms with Crippen molar-refractivity contribution in [2.75, 3.05) is 45.1 Å². The molecular formula is C17H27N3O. The lowest BCUT2D eigenvalue weighted by atomic mass is 10.1. The van der Waals surface area contributed by atoms with Crippen LogP contribution in [-0.4, -0.2) is 55.5 Å². The predicted octanol–water partition coefficient (Wildman–Crippen LogP) is 2.45. The molecule has 4 heteroatoms. The Kier molecular flexibility index (Phi) is 5.23. The van der Waals surface area contributed by atoms with Crippen LogP contribution in [-0.2, 0) is 0 Å². The summed E-state index contributed by atoms with van der Waals surface area (Å²) in [5.41, 5.74) is 2.86. The lowest BCUT2D eigenvalue weighted by Crippen LogP contribution is -2.49. The Morgan fingerprint density at radius 3 is 2.48 bits per heavy atom. The average Bonchev–Trinajstić information content (AvgIpc) is 2.46. The van der Waals surface area contributed by atoms with E-state index in [2.05, 4.69) is 24.1 Å². The van der Waals surface area contributed by atoms with E-state index in [1.54, 1.807) is 0 Å². The van der Waals surface area contributed by atoms with E-state index >= 15 is 0 Å². The first-order valence-corrected chi connectivity index (χ1v) is 7.81. The van der Waals surface area contributed by atoms with Crippen LogP contribution < -0.4 is 5.32 Å². The average molecular weight is 289 g/mol. The Hall–Kier alpha value is -1.55. The largest absolute Gasteiger partial charge is 0.387 e. The summed E-state index contributed by atoms with van der Waals surface area (Å²) in [5.74, 6) is 0.823. The summed E-state index contributed by atoms with van der Waals surface area (Å²) in [6.07, 6.45) is 0. The van der Waals surface area contributed by atoms with Crippen molar-refractivity contribution in [3.05, 3.63) is 29.3 Å². The molecule has 2 rings (SSSR count). The number of benzene rings is 1. The monoisotopic (exact) mass is 289 g/mol. The van der Waals surface area contributed by atoms with E-state index < -0.39 is 0 Å². The standard InChI is InChI=1S/C17H27N3O/c1-13(2)12-19-7-9-20(10-8-19)17(21)15-6-5-14(3)11-16(15)18-4/h5-6,11,13,18H,7-10,12H2,1-4H3. The molecule has 0 aromatic heterocycles. The van der Waals surface area contributed by atoms with Crippen molar-refractivity contribution in [1.82, 2.24) is 9.80 Å². The van der Waals surface area contributed by atoms with E-state index in [0.29, 0.717) is 5.92 Å². The predicted molar refractivity (Wildman–Crippen MR) is 87.9 cm³/mol. The highest BCUT2D eigenvalue weighted by Gasteiger charge is 2.23. The van der Waals surface area contributed by atoms with Crippen molar-refractivity contribution in [2.45, 2.75) is 20.8 Å². The number of rotatable bonds is 4. The van der Waals surface area contributed by atoms with Crippen LogP contribution in [0.15, 0.2) is 18.2 Å². The Bertz CT molecular complexity index is 491. The van der Waals surface area contributed by atoms with Crippen molar-refractivity contribution in [3.8, 4) is 0 Å². The van der Waals surface area contributed by atoms with Gasteiger partial charge in [-0.05, 0) is 30.5 Å². The van der Waals surface area contributed by atoms with Crippen molar-refractivity contribution in [2.24, 2.45) is 5.92 Å². The van der Waals surface area contributed by atoms with Crippen LogP contribution in [0.3, 0.4) is 0 Å². The number of anilines is 1. The molecule has 0 bridgehead atoms. The molecule has 0 aliphatic carbocycles. The maximum Gasteiger partial charge on any atom is 0.256 e. The zero-order valence-electron chi connectivity index (χ0n) is 13.6. The highest BCUT2D eigenvalue weighted by Crippen LogP contribution is 2.20. The van der Waals surface area contributed by atoms with Gasteiger partial charge in [-0.15, -0.1) is 0 Å². The first-order chi connectivity index (χ1) is 10.0. The van der Waals surface area contributed by atoms with Gasteiger partial charge in [-0.2, -0.15) is 0 Å². The van der Waals surface area contributed by atoms with Crippen molar-refractivity contribution in [3.63, 3.8) is 0 Å². The highest BCUT2D eigenvalue weighted by molar-refractivity contribution is 5.99. The normalized spacial score (nSPS) is 16.3. The van der Waals surface area contributed by atoms with Gasteiger partial charge in [-0.25, -0.2) is 0 Å². The van der Waals surface area contributed by atoms with E-state index in [1.165, 1.54) is 0 Å². The lowest BCUT2D eigenvalue weighted by Gasteiger charge is -2.35. The molecule has 1 heterocycles. The molecule has 1 N–H and O–H groups in total. The zero-order chi connectivity index (χ0) is 15.4. The molecule has 1 aromatic carbocycles. The number of nitrogens with one attached hydrogen (secondary N) is 1. The fourth-order valence-corrected chi connectivity index (χ4v) is 2.87. The molecule has 1 aliphatic rings. The second kappa shape index (κ2) is 6.94. The summed E-state index contributed by atoms with van der Waals surface area (Å²) >= 11 is 0. The molecule has 0 saturated carbocycles. The van der Waals surface area contributed by atoms with Crippen LogP contribution in [0.1, 0.15) is 29.8 Å². The minimum absolute atomic E-state index is 0.142. The molecule has 4 nitrogen and oxygen atoms in total. The van der Waals surface area contributed by atoms with E-state index in [-0.39, 0.29) is 5.91 Å². The second-order valence-corrected chi connectivity index (χ2v) is 6.29. The number of nitrogens with zero attached hydrogens (tertiary/aromatic N) is 2. The first-order valence-electron chi connectivity index (χ1n) is 7.81.